The molecule has 70 valence electrons. The van der Waals surface area contributed by atoms with Crippen LogP contribution in [-0.2, 0) is 0 Å². The molecule has 0 aliphatic carbocycles. The lowest BCUT2D eigenvalue weighted by Crippen LogP contribution is -2.19. The largest absolute Gasteiger partial charge is 0.364 e. The van der Waals surface area contributed by atoms with Gasteiger partial charge in [-0.1, -0.05) is 0 Å². The molecule has 0 unspecified atom stereocenters. The lowest BCUT2D eigenvalue weighted by Gasteiger charge is -1.98. The summed E-state index contributed by atoms with van der Waals surface area (Å²) in [5, 5.41) is 6.07. The number of hydrogen-bond donors (Lipinski definition) is 2. The maximum atomic E-state index is 11.2. The summed E-state index contributed by atoms with van der Waals surface area (Å²) in [4.78, 5) is 26.0. The highest BCUT2D eigenvalue weighted by Crippen LogP contribution is 2.08. The normalized spacial score (nSPS) is 10.3. The third kappa shape index (κ3) is 1.13. The quantitative estimate of drug-likeness (QED) is 0.627. The summed E-state index contributed by atoms with van der Waals surface area (Å²) in [6, 6.07) is 3.18. The number of nitrogens with one attached hydrogen (secondary N) is 1. The first-order valence-corrected chi connectivity index (χ1v) is 3.83. The first-order valence-electron chi connectivity index (χ1n) is 3.83. The minimum Gasteiger partial charge on any atom is -0.364 e. The van der Waals surface area contributed by atoms with Crippen molar-refractivity contribution in [1.82, 2.24) is 15.2 Å². The van der Waals surface area contributed by atoms with Crippen LogP contribution in [0.1, 0.15) is 10.5 Å². The Balaban J connectivity index is 2.96. The zero-order chi connectivity index (χ0) is 10.1. The first kappa shape index (κ1) is 8.36. The number of primary amides is 1. The van der Waals surface area contributed by atoms with Gasteiger partial charge in [-0.05, 0) is 12.1 Å². The predicted octanol–water partition coefficient (Wildman–Crippen LogP) is -0.583. The topological polar surface area (TPSA) is 102 Å². The Morgan fingerprint density at radius 2 is 2.29 bits per heavy atom. The molecule has 2 aromatic rings. The predicted molar refractivity (Wildman–Crippen MR) is 48.7 cm³/mol. The maximum Gasteiger partial charge on any atom is 0.290 e. The molecule has 0 saturated carbocycles. The molecule has 2 rings (SSSR count). The van der Waals surface area contributed by atoms with E-state index in [1.165, 1.54) is 6.20 Å². The number of rotatable bonds is 1. The van der Waals surface area contributed by atoms with Crippen molar-refractivity contribution < 1.29 is 4.79 Å². The minimum absolute atomic E-state index is 0.0210. The van der Waals surface area contributed by atoms with E-state index in [0.29, 0.717) is 5.39 Å². The number of aromatic amines is 1. The molecule has 0 atom stereocenters. The van der Waals surface area contributed by atoms with Gasteiger partial charge in [0.25, 0.3) is 11.5 Å². The summed E-state index contributed by atoms with van der Waals surface area (Å²) in [5.41, 5.74) is 4.82. The standard InChI is InChI=1S/C8H6N4O2/c9-7(13)5-4-2-1-3-10-6(4)8(14)12-11-5/h1-3H,(H2,9,13)(H,12,14). The van der Waals surface area contributed by atoms with E-state index in [4.69, 9.17) is 5.73 Å². The van der Waals surface area contributed by atoms with Gasteiger partial charge in [0.05, 0.1) is 0 Å². The molecule has 6 heteroatoms. The first-order chi connectivity index (χ1) is 6.70. The van der Waals surface area contributed by atoms with Gasteiger partial charge in [-0.15, -0.1) is 0 Å². The summed E-state index contributed by atoms with van der Waals surface area (Å²) >= 11 is 0. The summed E-state index contributed by atoms with van der Waals surface area (Å²) in [6.07, 6.45) is 1.46. The second kappa shape index (κ2) is 2.91. The molecule has 0 saturated heterocycles. The number of nitrogens with two attached hydrogens (primary N) is 1. The summed E-state index contributed by atoms with van der Waals surface area (Å²) in [7, 11) is 0. The van der Waals surface area contributed by atoms with Crippen molar-refractivity contribution in [1.29, 1.82) is 0 Å². The van der Waals surface area contributed by atoms with E-state index in [-0.39, 0.29) is 11.2 Å². The van der Waals surface area contributed by atoms with Gasteiger partial charge in [0.2, 0.25) is 0 Å². The number of pyridine rings is 1. The van der Waals surface area contributed by atoms with Crippen LogP contribution in [0.3, 0.4) is 0 Å². The van der Waals surface area contributed by atoms with Crippen molar-refractivity contribution in [2.75, 3.05) is 0 Å². The number of aromatic nitrogens is 3. The van der Waals surface area contributed by atoms with Crippen molar-refractivity contribution in [2.24, 2.45) is 5.73 Å². The van der Waals surface area contributed by atoms with Crippen LogP contribution >= 0.6 is 0 Å². The Bertz CT molecular complexity index is 561. The number of amides is 1. The van der Waals surface area contributed by atoms with Gasteiger partial charge in [0, 0.05) is 11.6 Å². The van der Waals surface area contributed by atoms with Crippen LogP contribution in [0, 0.1) is 0 Å². The number of H-pyrrole nitrogens is 1. The summed E-state index contributed by atoms with van der Waals surface area (Å²) in [6.45, 7) is 0. The second-order valence-electron chi connectivity index (χ2n) is 2.67. The van der Waals surface area contributed by atoms with E-state index >= 15 is 0 Å². The Hall–Kier alpha value is -2.24. The van der Waals surface area contributed by atoms with Crippen LogP contribution in [0.5, 0.6) is 0 Å². The minimum atomic E-state index is -0.695. The number of carbonyl (C=O) groups is 1. The molecule has 3 N–H and O–H groups in total. The SMILES string of the molecule is NC(=O)c1n[nH]c(=O)c2ncccc12. The highest BCUT2D eigenvalue weighted by molar-refractivity contribution is 6.02. The third-order valence-electron chi connectivity index (χ3n) is 1.78. The fourth-order valence-corrected chi connectivity index (χ4v) is 1.19. The molecule has 0 radical (unpaired) electrons. The second-order valence-corrected chi connectivity index (χ2v) is 2.67. The Labute approximate surface area is 77.8 Å². The van der Waals surface area contributed by atoms with Crippen molar-refractivity contribution in [2.45, 2.75) is 0 Å². The smallest absolute Gasteiger partial charge is 0.290 e. The van der Waals surface area contributed by atoms with Gasteiger partial charge in [0.15, 0.2) is 5.69 Å². The van der Waals surface area contributed by atoms with Gasteiger partial charge in [0.1, 0.15) is 5.52 Å². The fourth-order valence-electron chi connectivity index (χ4n) is 1.19. The molecular formula is C8H6N4O2. The molecular weight excluding hydrogens is 184 g/mol. The lowest BCUT2D eigenvalue weighted by atomic mass is 10.2. The van der Waals surface area contributed by atoms with Crippen LogP contribution in [-0.4, -0.2) is 21.1 Å². The van der Waals surface area contributed by atoms with Gasteiger partial charge >= 0.3 is 0 Å². The molecule has 0 aromatic carbocycles. The maximum absolute atomic E-state index is 11.2. The molecule has 0 fully saturated rings. The zero-order valence-electron chi connectivity index (χ0n) is 7.02. The zero-order valence-corrected chi connectivity index (χ0v) is 7.02. The van der Waals surface area contributed by atoms with Gasteiger partial charge in [-0.3, -0.25) is 14.6 Å². The number of fused-ring (bicyclic) bond motifs is 1. The molecule has 2 aromatic heterocycles. The summed E-state index contributed by atoms with van der Waals surface area (Å²) in [5.74, 6) is -0.695. The van der Waals surface area contributed by atoms with E-state index in [2.05, 4.69) is 15.2 Å². The van der Waals surface area contributed by atoms with E-state index in [1.807, 2.05) is 0 Å². The number of nitrogens with zero attached hydrogens (tertiary/aromatic N) is 2. The van der Waals surface area contributed by atoms with Gasteiger partial charge < -0.3 is 5.73 Å². The molecule has 1 amide bonds. The Morgan fingerprint density at radius 1 is 1.50 bits per heavy atom. The molecule has 0 aliphatic rings. The average molecular weight is 190 g/mol. The average Bonchev–Trinajstić information content (AvgIpc) is 2.18. The highest BCUT2D eigenvalue weighted by Gasteiger charge is 2.10. The Morgan fingerprint density at radius 3 is 3.00 bits per heavy atom. The molecule has 0 bridgehead atoms. The van der Waals surface area contributed by atoms with Crippen LogP contribution in [0.4, 0.5) is 0 Å². The van der Waals surface area contributed by atoms with Gasteiger partial charge in [-0.25, -0.2) is 5.10 Å². The molecule has 14 heavy (non-hydrogen) atoms. The van der Waals surface area contributed by atoms with Crippen LogP contribution in [0.25, 0.3) is 10.9 Å². The highest BCUT2D eigenvalue weighted by atomic mass is 16.1. The van der Waals surface area contributed by atoms with E-state index in [9.17, 15) is 9.59 Å². The van der Waals surface area contributed by atoms with Crippen molar-refractivity contribution in [3.8, 4) is 0 Å². The van der Waals surface area contributed by atoms with Gasteiger partial charge in [-0.2, -0.15) is 5.10 Å². The van der Waals surface area contributed by atoms with E-state index in [1.54, 1.807) is 12.1 Å². The van der Waals surface area contributed by atoms with Crippen molar-refractivity contribution in [3.05, 3.63) is 34.4 Å². The molecule has 2 heterocycles. The van der Waals surface area contributed by atoms with E-state index in [0.717, 1.165) is 0 Å². The van der Waals surface area contributed by atoms with Crippen molar-refractivity contribution >= 4 is 16.8 Å². The van der Waals surface area contributed by atoms with Crippen LogP contribution < -0.4 is 11.3 Å². The van der Waals surface area contributed by atoms with Crippen LogP contribution in [0.15, 0.2) is 23.1 Å². The lowest BCUT2D eigenvalue weighted by molar-refractivity contribution is 0.0996. The monoisotopic (exact) mass is 190 g/mol. The molecule has 0 spiro atoms. The fraction of sp³-hybridized carbons (Fsp3) is 0. The summed E-state index contributed by atoms with van der Waals surface area (Å²) < 4.78 is 0. The third-order valence-corrected chi connectivity index (χ3v) is 1.78. The van der Waals surface area contributed by atoms with Crippen LogP contribution in [0.2, 0.25) is 0 Å². The number of carbonyl (C=O) groups excluding carboxylic acids is 1. The van der Waals surface area contributed by atoms with Crippen molar-refractivity contribution in [3.63, 3.8) is 0 Å². The molecule has 6 nitrogen and oxygen atoms in total. The molecule has 0 aliphatic heterocycles. The number of hydrogen-bond acceptors (Lipinski definition) is 4. The Kier molecular flexibility index (Phi) is 1.74. The van der Waals surface area contributed by atoms with E-state index < -0.39 is 11.5 Å².